The zero-order valence-corrected chi connectivity index (χ0v) is 10.7. The summed E-state index contributed by atoms with van der Waals surface area (Å²) in [5, 5.41) is 0. The van der Waals surface area contributed by atoms with Gasteiger partial charge in [-0.25, -0.2) is 13.2 Å². The predicted octanol–water partition coefficient (Wildman–Crippen LogP) is 1.40. The molecule has 0 fully saturated rings. The average molecular weight is 254 g/mol. The molecule has 0 aromatic heterocycles. The van der Waals surface area contributed by atoms with Crippen molar-refractivity contribution in [3.63, 3.8) is 0 Å². The Bertz CT molecular complexity index is 605. The molecule has 2 rings (SSSR count). The van der Waals surface area contributed by atoms with Gasteiger partial charge in [-0.2, -0.15) is 0 Å². The number of aryl methyl sites for hydroxylation is 1. The lowest BCUT2D eigenvalue weighted by atomic mass is 10.2. The molecule has 6 heteroatoms. The summed E-state index contributed by atoms with van der Waals surface area (Å²) in [6.45, 7) is 4.78. The molecule has 92 valence electrons. The highest BCUT2D eigenvalue weighted by molar-refractivity contribution is 7.93. The molecule has 0 saturated heterocycles. The summed E-state index contributed by atoms with van der Waals surface area (Å²) in [6.07, 6.45) is 0. The summed E-state index contributed by atoms with van der Waals surface area (Å²) in [6, 6.07) is 4.12. The molecule has 0 bridgehead atoms. The molecule has 0 aliphatic carbocycles. The van der Waals surface area contributed by atoms with Crippen molar-refractivity contribution in [2.75, 3.05) is 4.90 Å². The number of benzene rings is 1. The first-order valence-corrected chi connectivity index (χ1v) is 6.63. The molecule has 0 saturated carbocycles. The number of hydrogen-bond donors (Lipinski definition) is 1. The van der Waals surface area contributed by atoms with Crippen molar-refractivity contribution in [2.45, 2.75) is 30.5 Å². The van der Waals surface area contributed by atoms with Crippen LogP contribution in [0.5, 0.6) is 0 Å². The van der Waals surface area contributed by atoms with Crippen LogP contribution >= 0.6 is 0 Å². The third-order valence-electron chi connectivity index (χ3n) is 3.06. The number of carbonyl (C=O) groups is 1. The maximum absolute atomic E-state index is 12.3. The Kier molecular flexibility index (Phi) is 2.26. The fourth-order valence-electron chi connectivity index (χ4n) is 2.09. The summed E-state index contributed by atoms with van der Waals surface area (Å²) in [7, 11) is -3.57. The largest absolute Gasteiger partial charge is 0.351 e. The Hall–Kier alpha value is -1.56. The predicted molar refractivity (Wildman–Crippen MR) is 64.5 cm³/mol. The number of primary amides is 1. The molecule has 1 heterocycles. The van der Waals surface area contributed by atoms with Crippen LogP contribution in [-0.4, -0.2) is 19.3 Å². The molecule has 2 N–H and O–H groups in total. The van der Waals surface area contributed by atoms with Gasteiger partial charge in [0.05, 0.1) is 10.6 Å². The summed E-state index contributed by atoms with van der Waals surface area (Å²) in [5.74, 6) is 0. The summed E-state index contributed by atoms with van der Waals surface area (Å²) in [5.41, 5.74) is 6.52. The molecule has 17 heavy (non-hydrogen) atoms. The maximum atomic E-state index is 12.3. The normalized spacial score (nSPS) is 20.1. The van der Waals surface area contributed by atoms with Crippen molar-refractivity contribution < 1.29 is 13.2 Å². The lowest BCUT2D eigenvalue weighted by molar-refractivity contribution is 0.251. The van der Waals surface area contributed by atoms with Gasteiger partial charge in [0.15, 0.2) is 0 Å². The summed E-state index contributed by atoms with van der Waals surface area (Å²) >= 11 is 0. The van der Waals surface area contributed by atoms with Gasteiger partial charge >= 0.3 is 6.03 Å². The van der Waals surface area contributed by atoms with E-state index >= 15 is 0 Å². The highest BCUT2D eigenvalue weighted by Crippen LogP contribution is 2.44. The van der Waals surface area contributed by atoms with E-state index in [2.05, 4.69) is 0 Å². The van der Waals surface area contributed by atoms with E-state index in [9.17, 15) is 13.2 Å². The first-order chi connectivity index (χ1) is 7.69. The summed E-state index contributed by atoms with van der Waals surface area (Å²) < 4.78 is 24.6. The number of amides is 2. The molecule has 0 unspecified atom stereocenters. The van der Waals surface area contributed by atoms with Crippen LogP contribution in [0.3, 0.4) is 0 Å². The SMILES string of the molecule is Cc1ccc2c(c1)N(C(N)=O)C(C)(C)S2(=O)=O. The van der Waals surface area contributed by atoms with Crippen molar-refractivity contribution in [3.8, 4) is 0 Å². The van der Waals surface area contributed by atoms with Gasteiger partial charge in [-0.3, -0.25) is 4.90 Å². The van der Waals surface area contributed by atoms with Gasteiger partial charge < -0.3 is 5.73 Å². The van der Waals surface area contributed by atoms with Crippen LogP contribution in [-0.2, 0) is 9.84 Å². The van der Waals surface area contributed by atoms with Crippen LogP contribution < -0.4 is 10.6 Å². The van der Waals surface area contributed by atoms with E-state index in [0.29, 0.717) is 5.69 Å². The van der Waals surface area contributed by atoms with Crippen LogP contribution in [0.4, 0.5) is 10.5 Å². The number of urea groups is 1. The monoisotopic (exact) mass is 254 g/mol. The molecular weight excluding hydrogens is 240 g/mol. The third kappa shape index (κ3) is 1.37. The van der Waals surface area contributed by atoms with E-state index in [4.69, 9.17) is 5.73 Å². The molecule has 1 aliphatic heterocycles. The first kappa shape index (κ1) is 11.9. The van der Waals surface area contributed by atoms with E-state index in [-0.39, 0.29) is 4.90 Å². The molecule has 5 nitrogen and oxygen atoms in total. The lowest BCUT2D eigenvalue weighted by Gasteiger charge is -2.28. The van der Waals surface area contributed by atoms with Gasteiger partial charge in [-0.1, -0.05) is 6.07 Å². The third-order valence-corrected chi connectivity index (χ3v) is 5.48. The van der Waals surface area contributed by atoms with E-state index < -0.39 is 20.7 Å². The lowest BCUT2D eigenvalue weighted by Crippen LogP contribution is -2.50. The molecule has 0 spiro atoms. The number of anilines is 1. The van der Waals surface area contributed by atoms with Gasteiger partial charge in [0.2, 0.25) is 9.84 Å². The van der Waals surface area contributed by atoms with E-state index in [1.165, 1.54) is 19.9 Å². The fourth-order valence-corrected chi connectivity index (χ4v) is 3.73. The number of hydrogen-bond acceptors (Lipinski definition) is 3. The molecule has 0 atom stereocenters. The molecule has 1 aliphatic rings. The first-order valence-electron chi connectivity index (χ1n) is 5.14. The highest BCUT2D eigenvalue weighted by atomic mass is 32.2. The zero-order valence-electron chi connectivity index (χ0n) is 9.89. The topological polar surface area (TPSA) is 80.5 Å². The van der Waals surface area contributed by atoms with Crippen LogP contribution in [0.25, 0.3) is 0 Å². The summed E-state index contributed by atoms with van der Waals surface area (Å²) in [4.78, 5) is 11.4. The second-order valence-electron chi connectivity index (χ2n) is 4.60. The minimum atomic E-state index is -3.57. The molecule has 0 radical (unpaired) electrons. The molecular formula is C11H14N2O3S. The van der Waals surface area contributed by atoms with Gasteiger partial charge in [0, 0.05) is 0 Å². The second kappa shape index (κ2) is 3.22. The van der Waals surface area contributed by atoms with Crippen molar-refractivity contribution in [3.05, 3.63) is 23.8 Å². The maximum Gasteiger partial charge on any atom is 0.320 e. The van der Waals surface area contributed by atoms with Crippen molar-refractivity contribution in [1.82, 2.24) is 0 Å². The van der Waals surface area contributed by atoms with Crippen molar-refractivity contribution >= 4 is 21.6 Å². The standard InChI is InChI=1S/C11H14N2O3S/c1-7-4-5-9-8(6-7)13(10(12)14)11(2,3)17(9,15)16/h4-6H,1-3H3,(H2,12,14). The Morgan fingerprint density at radius 1 is 1.35 bits per heavy atom. The fraction of sp³-hybridized carbons (Fsp3) is 0.364. The second-order valence-corrected chi connectivity index (χ2v) is 7.04. The number of nitrogens with zero attached hydrogens (tertiary/aromatic N) is 1. The smallest absolute Gasteiger partial charge is 0.320 e. The van der Waals surface area contributed by atoms with E-state index in [1.807, 2.05) is 6.92 Å². The quantitative estimate of drug-likeness (QED) is 0.760. The van der Waals surface area contributed by atoms with Gasteiger partial charge in [-0.15, -0.1) is 0 Å². The zero-order chi connectivity index (χ0) is 13.0. The van der Waals surface area contributed by atoms with Gasteiger partial charge in [0.25, 0.3) is 0 Å². The van der Waals surface area contributed by atoms with Crippen molar-refractivity contribution in [2.24, 2.45) is 5.73 Å². The van der Waals surface area contributed by atoms with Gasteiger partial charge in [-0.05, 0) is 38.5 Å². The van der Waals surface area contributed by atoms with Crippen LogP contribution in [0.1, 0.15) is 19.4 Å². The Labute approximate surface area is 100 Å². The van der Waals surface area contributed by atoms with Crippen LogP contribution in [0.2, 0.25) is 0 Å². The molecule has 2 amide bonds. The number of fused-ring (bicyclic) bond motifs is 1. The number of sulfone groups is 1. The van der Waals surface area contributed by atoms with Gasteiger partial charge in [0.1, 0.15) is 4.87 Å². The minimum Gasteiger partial charge on any atom is -0.351 e. The minimum absolute atomic E-state index is 0.159. The van der Waals surface area contributed by atoms with Crippen LogP contribution in [0, 0.1) is 6.92 Å². The number of nitrogens with two attached hydrogens (primary N) is 1. The number of rotatable bonds is 0. The van der Waals surface area contributed by atoms with E-state index in [1.54, 1.807) is 12.1 Å². The average Bonchev–Trinajstić information content (AvgIpc) is 2.30. The van der Waals surface area contributed by atoms with Crippen molar-refractivity contribution in [1.29, 1.82) is 0 Å². The Morgan fingerprint density at radius 2 is 1.94 bits per heavy atom. The highest BCUT2D eigenvalue weighted by Gasteiger charge is 2.51. The molecule has 1 aromatic rings. The van der Waals surface area contributed by atoms with E-state index in [0.717, 1.165) is 10.5 Å². The van der Waals surface area contributed by atoms with Crippen LogP contribution in [0.15, 0.2) is 23.1 Å². The Morgan fingerprint density at radius 3 is 2.47 bits per heavy atom. The molecule has 1 aromatic carbocycles. The Balaban J connectivity index is 2.84. The number of carbonyl (C=O) groups excluding carboxylic acids is 1.